The van der Waals surface area contributed by atoms with Gasteiger partial charge in [-0.1, -0.05) is 25.1 Å². The minimum Gasteiger partial charge on any atom is -0.504 e. The molecule has 2 heteroatoms. The lowest BCUT2D eigenvalue weighted by Crippen LogP contribution is -1.83. The van der Waals surface area contributed by atoms with E-state index < -0.39 is 0 Å². The first-order valence-electron chi connectivity index (χ1n) is 4.31. The van der Waals surface area contributed by atoms with Crippen molar-refractivity contribution in [2.75, 3.05) is 7.11 Å². The predicted octanol–water partition coefficient (Wildman–Crippen LogP) is 2.82. The third kappa shape index (κ3) is 2.51. The van der Waals surface area contributed by atoms with E-state index in [1.54, 1.807) is 12.1 Å². The molecule has 1 aromatic rings. The molecule has 1 N–H and O–H groups in total. The van der Waals surface area contributed by atoms with Gasteiger partial charge in [0.25, 0.3) is 0 Å². The highest BCUT2D eigenvalue weighted by molar-refractivity contribution is 5.55. The minimum atomic E-state index is 0.181. The summed E-state index contributed by atoms with van der Waals surface area (Å²) < 4.78 is 4.93. The molecule has 0 heterocycles. The Balaban J connectivity index is 2.89. The summed E-state index contributed by atoms with van der Waals surface area (Å²) in [6.45, 7) is 2.07. The molecule has 0 aliphatic rings. The molecule has 0 unspecified atom stereocenters. The second kappa shape index (κ2) is 4.55. The molecule has 13 heavy (non-hydrogen) atoms. The van der Waals surface area contributed by atoms with Gasteiger partial charge in [-0.2, -0.15) is 0 Å². The normalized spacial score (nSPS) is 10.6. The molecule has 0 aliphatic carbocycles. The molecule has 1 aromatic carbocycles. The van der Waals surface area contributed by atoms with E-state index in [0.29, 0.717) is 5.75 Å². The maximum Gasteiger partial charge on any atom is 0.160 e. The van der Waals surface area contributed by atoms with Crippen LogP contribution in [0.5, 0.6) is 11.5 Å². The maximum atomic E-state index is 9.43. The summed E-state index contributed by atoms with van der Waals surface area (Å²) in [6.07, 6.45) is 5.01. The molecule has 0 radical (unpaired) electrons. The molecule has 0 saturated carbocycles. The first-order valence-corrected chi connectivity index (χ1v) is 4.31. The van der Waals surface area contributed by atoms with E-state index in [0.717, 1.165) is 12.0 Å². The second-order valence-electron chi connectivity index (χ2n) is 2.74. The van der Waals surface area contributed by atoms with Crippen molar-refractivity contribution < 1.29 is 9.84 Å². The van der Waals surface area contributed by atoms with Crippen molar-refractivity contribution in [1.29, 1.82) is 0 Å². The topological polar surface area (TPSA) is 29.5 Å². The van der Waals surface area contributed by atoms with Gasteiger partial charge in [0.2, 0.25) is 0 Å². The van der Waals surface area contributed by atoms with Crippen LogP contribution in [0.3, 0.4) is 0 Å². The molecule has 0 fully saturated rings. The lowest BCUT2D eigenvalue weighted by molar-refractivity contribution is 0.373. The van der Waals surface area contributed by atoms with Crippen molar-refractivity contribution in [3.8, 4) is 11.5 Å². The number of phenolic OH excluding ortho intramolecular Hbond substituents is 1. The van der Waals surface area contributed by atoms with Crippen molar-refractivity contribution in [3.05, 3.63) is 29.8 Å². The number of allylic oxidation sites excluding steroid dienone is 1. The highest BCUT2D eigenvalue weighted by Gasteiger charge is 1.99. The van der Waals surface area contributed by atoms with Crippen LogP contribution in [0.2, 0.25) is 0 Å². The van der Waals surface area contributed by atoms with Gasteiger partial charge in [-0.25, -0.2) is 0 Å². The average molecular weight is 178 g/mol. The summed E-state index contributed by atoms with van der Waals surface area (Å²) in [5.74, 6) is 0.689. The molecule has 0 amide bonds. The van der Waals surface area contributed by atoms with Crippen molar-refractivity contribution in [3.63, 3.8) is 0 Å². The number of hydrogen-bond donors (Lipinski definition) is 1. The summed E-state index contributed by atoms with van der Waals surface area (Å²) in [7, 11) is 1.54. The van der Waals surface area contributed by atoms with E-state index in [4.69, 9.17) is 4.74 Å². The van der Waals surface area contributed by atoms with E-state index in [1.807, 2.05) is 18.2 Å². The lowest BCUT2D eigenvalue weighted by Gasteiger charge is -2.02. The van der Waals surface area contributed by atoms with Crippen LogP contribution in [0.1, 0.15) is 18.9 Å². The summed E-state index contributed by atoms with van der Waals surface area (Å²) in [5.41, 5.74) is 0.986. The maximum absolute atomic E-state index is 9.43. The fourth-order valence-corrected chi connectivity index (χ4v) is 1.06. The predicted molar refractivity (Wildman–Crippen MR) is 54.0 cm³/mol. The fourth-order valence-electron chi connectivity index (χ4n) is 1.06. The Bertz CT molecular complexity index is 303. The molecule has 0 bridgehead atoms. The first kappa shape index (κ1) is 9.65. The Morgan fingerprint density at radius 3 is 2.77 bits per heavy atom. The van der Waals surface area contributed by atoms with Crippen LogP contribution in [0.25, 0.3) is 6.08 Å². The monoisotopic (exact) mass is 178 g/mol. The van der Waals surface area contributed by atoms with Crippen LogP contribution in [0, 0.1) is 0 Å². The molecule has 70 valence electrons. The first-order chi connectivity index (χ1) is 6.27. The molecule has 1 rings (SSSR count). The van der Waals surface area contributed by atoms with Crippen molar-refractivity contribution in [1.82, 2.24) is 0 Å². The number of methoxy groups -OCH3 is 1. The van der Waals surface area contributed by atoms with Gasteiger partial charge in [0.05, 0.1) is 7.11 Å². The van der Waals surface area contributed by atoms with E-state index in [1.165, 1.54) is 7.11 Å². The molecule has 0 atom stereocenters. The smallest absolute Gasteiger partial charge is 0.160 e. The number of rotatable bonds is 3. The van der Waals surface area contributed by atoms with Gasteiger partial charge >= 0.3 is 0 Å². The number of aromatic hydroxyl groups is 1. The van der Waals surface area contributed by atoms with Gasteiger partial charge in [0.15, 0.2) is 11.5 Å². The molecule has 0 spiro atoms. The highest BCUT2D eigenvalue weighted by Crippen LogP contribution is 2.26. The quantitative estimate of drug-likeness (QED) is 0.771. The molecule has 0 aliphatic heterocycles. The molecule has 0 saturated heterocycles. The van der Waals surface area contributed by atoms with Crippen LogP contribution in [0.4, 0.5) is 0 Å². The Morgan fingerprint density at radius 1 is 1.46 bits per heavy atom. The van der Waals surface area contributed by atoms with Crippen molar-refractivity contribution >= 4 is 6.08 Å². The lowest BCUT2D eigenvalue weighted by atomic mass is 10.2. The zero-order valence-corrected chi connectivity index (χ0v) is 7.95. The number of ether oxygens (including phenoxy) is 1. The van der Waals surface area contributed by atoms with E-state index in [2.05, 4.69) is 6.92 Å². The van der Waals surface area contributed by atoms with Crippen LogP contribution in [-0.4, -0.2) is 12.2 Å². The fraction of sp³-hybridized carbons (Fsp3) is 0.273. The Morgan fingerprint density at radius 2 is 2.23 bits per heavy atom. The van der Waals surface area contributed by atoms with Gasteiger partial charge in [-0.15, -0.1) is 0 Å². The number of phenols is 1. The Kier molecular flexibility index (Phi) is 3.38. The Hall–Kier alpha value is -1.44. The summed E-state index contributed by atoms with van der Waals surface area (Å²) in [4.78, 5) is 0. The van der Waals surface area contributed by atoms with E-state index in [9.17, 15) is 5.11 Å². The van der Waals surface area contributed by atoms with E-state index >= 15 is 0 Å². The standard InChI is InChI=1S/C11H14O2/c1-3-4-5-9-6-7-11(13-2)10(12)8-9/h4-8,12H,3H2,1-2H3/b5-4+. The van der Waals surface area contributed by atoms with E-state index in [-0.39, 0.29) is 5.75 Å². The van der Waals surface area contributed by atoms with Gasteiger partial charge in [0, 0.05) is 0 Å². The Labute approximate surface area is 78.5 Å². The summed E-state index contributed by atoms with van der Waals surface area (Å²) in [5, 5.41) is 9.43. The summed E-state index contributed by atoms with van der Waals surface area (Å²) in [6, 6.07) is 5.35. The SMILES string of the molecule is CC/C=C/c1ccc(OC)c(O)c1. The molecular formula is C11H14O2. The van der Waals surface area contributed by atoms with Crippen LogP contribution < -0.4 is 4.74 Å². The summed E-state index contributed by atoms with van der Waals surface area (Å²) >= 11 is 0. The van der Waals surface area contributed by atoms with Crippen molar-refractivity contribution in [2.45, 2.75) is 13.3 Å². The zero-order valence-electron chi connectivity index (χ0n) is 7.95. The molecule has 0 aromatic heterocycles. The third-order valence-electron chi connectivity index (χ3n) is 1.75. The largest absolute Gasteiger partial charge is 0.504 e. The number of benzene rings is 1. The van der Waals surface area contributed by atoms with Crippen molar-refractivity contribution in [2.24, 2.45) is 0 Å². The number of hydrogen-bond acceptors (Lipinski definition) is 2. The van der Waals surface area contributed by atoms with Gasteiger partial charge in [-0.05, 0) is 24.1 Å². The third-order valence-corrected chi connectivity index (χ3v) is 1.75. The highest BCUT2D eigenvalue weighted by atomic mass is 16.5. The average Bonchev–Trinajstić information content (AvgIpc) is 2.15. The van der Waals surface area contributed by atoms with Crippen LogP contribution in [-0.2, 0) is 0 Å². The van der Waals surface area contributed by atoms with Gasteiger partial charge in [-0.3, -0.25) is 0 Å². The molecule has 2 nitrogen and oxygen atoms in total. The minimum absolute atomic E-state index is 0.181. The zero-order chi connectivity index (χ0) is 9.68. The van der Waals surface area contributed by atoms with Crippen LogP contribution in [0.15, 0.2) is 24.3 Å². The second-order valence-corrected chi connectivity index (χ2v) is 2.74. The van der Waals surface area contributed by atoms with Gasteiger partial charge < -0.3 is 9.84 Å². The van der Waals surface area contributed by atoms with Gasteiger partial charge in [0.1, 0.15) is 0 Å². The molecular weight excluding hydrogens is 164 g/mol. The van der Waals surface area contributed by atoms with Crippen LogP contribution >= 0.6 is 0 Å².